The number of nitrogens with one attached hydrogen (secondary N) is 3. The molecule has 0 saturated carbocycles. The summed E-state index contributed by atoms with van der Waals surface area (Å²) < 4.78 is 8.31. The molecular weight excluding hydrogens is 436 g/mol. The Kier molecular flexibility index (Phi) is 6.85. The second-order valence-electron chi connectivity index (χ2n) is 7.31. The van der Waals surface area contributed by atoms with E-state index in [4.69, 9.17) is 4.74 Å². The number of benzene rings is 2. The molecule has 0 radical (unpaired) electrons. The van der Waals surface area contributed by atoms with Gasteiger partial charge in [-0.25, -0.2) is 4.98 Å². The van der Waals surface area contributed by atoms with Crippen LogP contribution in [0.15, 0.2) is 67.0 Å². The summed E-state index contributed by atoms with van der Waals surface area (Å²) in [5.74, 6) is 0.208. The first kappa shape index (κ1) is 22.3. The summed E-state index contributed by atoms with van der Waals surface area (Å²) >= 11 is 1.55. The monoisotopic (exact) mass is 460 g/mol. The molecule has 0 atom stereocenters. The lowest BCUT2D eigenvalue weighted by Gasteiger charge is -2.07. The molecule has 0 spiro atoms. The molecule has 2 aromatic carbocycles. The third-order valence-corrected chi connectivity index (χ3v) is 5.57. The van der Waals surface area contributed by atoms with Crippen molar-refractivity contribution in [1.82, 2.24) is 15.3 Å². The van der Waals surface area contributed by atoms with E-state index >= 15 is 0 Å². The van der Waals surface area contributed by atoms with E-state index in [2.05, 4.69) is 38.2 Å². The third kappa shape index (κ3) is 5.30. The summed E-state index contributed by atoms with van der Waals surface area (Å²) in [5, 5.41) is 13.5. The van der Waals surface area contributed by atoms with Crippen LogP contribution in [0.4, 0.5) is 5.69 Å². The van der Waals surface area contributed by atoms with Gasteiger partial charge in [-0.3, -0.25) is 4.79 Å². The second kappa shape index (κ2) is 10.1. The Morgan fingerprint density at radius 1 is 1.18 bits per heavy atom. The molecule has 168 valence electrons. The minimum atomic E-state index is -0.225. The number of aromatic nitrogens is 2. The number of pyridine rings is 1. The molecule has 0 bridgehead atoms. The van der Waals surface area contributed by atoms with Crippen molar-refractivity contribution in [3.05, 3.63) is 78.1 Å². The van der Waals surface area contributed by atoms with E-state index in [1.165, 1.54) is 13.2 Å². The Bertz CT molecular complexity index is 1300. The number of phenolic OH excluding ortho intramolecular Hbond substituents is 1. The number of carbonyl (C=O) groups is 1. The molecular formula is C25H24N4O3S. The highest BCUT2D eigenvalue weighted by Crippen LogP contribution is 2.27. The van der Waals surface area contributed by atoms with E-state index in [-0.39, 0.29) is 11.7 Å². The molecule has 2 aromatic heterocycles. The van der Waals surface area contributed by atoms with E-state index in [1.54, 1.807) is 36.2 Å². The first-order valence-electron chi connectivity index (χ1n) is 10.3. The lowest BCUT2D eigenvalue weighted by atomic mass is 10.1. The highest BCUT2D eigenvalue weighted by atomic mass is 32.2. The molecule has 4 rings (SSSR count). The minimum Gasteiger partial charge on any atom is -0.504 e. The molecule has 8 heteroatoms. The van der Waals surface area contributed by atoms with Gasteiger partial charge in [0.25, 0.3) is 0 Å². The fourth-order valence-corrected chi connectivity index (χ4v) is 3.79. The molecule has 0 saturated heterocycles. The van der Waals surface area contributed by atoms with Crippen LogP contribution < -0.4 is 14.8 Å². The molecule has 33 heavy (non-hydrogen) atoms. The maximum absolute atomic E-state index is 12.3. The molecule has 2 heterocycles. The Morgan fingerprint density at radius 2 is 2.00 bits per heavy atom. The quantitative estimate of drug-likeness (QED) is 0.219. The number of amides is 1. The van der Waals surface area contributed by atoms with Crippen LogP contribution in [0.3, 0.4) is 0 Å². The zero-order valence-electron chi connectivity index (χ0n) is 18.3. The molecule has 1 amide bonds. The van der Waals surface area contributed by atoms with Gasteiger partial charge in [0.1, 0.15) is 5.65 Å². The van der Waals surface area contributed by atoms with Crippen LogP contribution in [0.1, 0.15) is 11.1 Å². The number of ether oxygens (including phenoxy) is 1. The number of carbonyl (C=O) groups excluding carboxylic acids is 1. The number of H-pyrrole nitrogens is 1. The van der Waals surface area contributed by atoms with Gasteiger partial charge in [-0.05, 0) is 47.5 Å². The number of aromatic amines is 1. The predicted octanol–water partition coefficient (Wildman–Crippen LogP) is 4.96. The Hall–Kier alpha value is -3.91. The highest BCUT2D eigenvalue weighted by Gasteiger charge is 2.07. The van der Waals surface area contributed by atoms with Crippen molar-refractivity contribution in [3.63, 3.8) is 0 Å². The topological polar surface area (TPSA) is 99.3 Å². The first-order valence-corrected chi connectivity index (χ1v) is 11.5. The largest absolute Gasteiger partial charge is 0.504 e. The van der Waals surface area contributed by atoms with Gasteiger partial charge in [0.2, 0.25) is 5.91 Å². The van der Waals surface area contributed by atoms with Crippen LogP contribution in [0.25, 0.3) is 28.2 Å². The number of fused-ring (bicyclic) bond motifs is 1. The van der Waals surface area contributed by atoms with Crippen LogP contribution in [0, 0.1) is 0 Å². The predicted molar refractivity (Wildman–Crippen MR) is 134 cm³/mol. The van der Waals surface area contributed by atoms with Gasteiger partial charge in [-0.15, -0.1) is 0 Å². The number of nitrogens with zero attached hydrogens (tertiary/aromatic N) is 1. The zero-order chi connectivity index (χ0) is 23.2. The van der Waals surface area contributed by atoms with Crippen molar-refractivity contribution >= 4 is 40.7 Å². The number of anilines is 1. The molecule has 0 unspecified atom stereocenters. The molecule has 4 aromatic rings. The SMILES string of the molecule is COc1cc(CNC(=O)/C=C/c2c[nH]c3ncc(-c4ccc(NSC)cc4)cc23)ccc1O. The normalized spacial score (nSPS) is 11.1. The summed E-state index contributed by atoms with van der Waals surface area (Å²) in [4.78, 5) is 20.0. The van der Waals surface area contributed by atoms with Gasteiger partial charge in [-0.1, -0.05) is 30.1 Å². The molecule has 4 N–H and O–H groups in total. The maximum atomic E-state index is 12.3. The summed E-state index contributed by atoms with van der Waals surface area (Å²) in [7, 11) is 1.49. The van der Waals surface area contributed by atoms with E-state index in [0.717, 1.165) is 39.0 Å². The first-order chi connectivity index (χ1) is 16.1. The summed E-state index contributed by atoms with van der Waals surface area (Å²) in [6, 6.07) is 15.2. The lowest BCUT2D eigenvalue weighted by Crippen LogP contribution is -2.20. The fraction of sp³-hybridized carbons (Fsp3) is 0.120. The number of phenols is 1. The third-order valence-electron chi connectivity index (χ3n) is 5.13. The fourth-order valence-electron chi connectivity index (χ4n) is 3.41. The van der Waals surface area contributed by atoms with Crippen LogP contribution in [0.2, 0.25) is 0 Å². The van der Waals surface area contributed by atoms with Crippen molar-refractivity contribution in [1.29, 1.82) is 0 Å². The van der Waals surface area contributed by atoms with E-state index < -0.39 is 0 Å². The number of methoxy groups -OCH3 is 1. The number of hydrogen-bond acceptors (Lipinski definition) is 6. The van der Waals surface area contributed by atoms with Crippen molar-refractivity contribution in [2.75, 3.05) is 18.1 Å². The van der Waals surface area contributed by atoms with Gasteiger partial charge in [0.05, 0.1) is 7.11 Å². The Balaban J connectivity index is 1.46. The zero-order valence-corrected chi connectivity index (χ0v) is 19.1. The van der Waals surface area contributed by atoms with Gasteiger partial charge in [0, 0.05) is 53.5 Å². The van der Waals surface area contributed by atoms with Gasteiger partial charge < -0.3 is 24.9 Å². The van der Waals surface area contributed by atoms with E-state index in [1.807, 2.05) is 30.8 Å². The van der Waals surface area contributed by atoms with Crippen molar-refractivity contribution in [2.24, 2.45) is 0 Å². The van der Waals surface area contributed by atoms with Gasteiger partial charge in [0.15, 0.2) is 11.5 Å². The lowest BCUT2D eigenvalue weighted by molar-refractivity contribution is -0.116. The molecule has 0 fully saturated rings. The maximum Gasteiger partial charge on any atom is 0.244 e. The minimum absolute atomic E-state index is 0.0624. The second-order valence-corrected chi connectivity index (χ2v) is 7.92. The Labute approximate surface area is 196 Å². The average Bonchev–Trinajstić information content (AvgIpc) is 3.25. The summed E-state index contributed by atoms with van der Waals surface area (Å²) in [5.41, 5.74) is 5.57. The van der Waals surface area contributed by atoms with Gasteiger partial charge >= 0.3 is 0 Å². The molecule has 0 aliphatic carbocycles. The molecule has 0 aliphatic heterocycles. The molecule has 0 aliphatic rings. The van der Waals surface area contributed by atoms with E-state index in [0.29, 0.717) is 12.3 Å². The standard InChI is InChI=1S/C25H24N4O3S/c1-32-23-11-16(3-9-22(23)30)13-26-24(31)10-6-18-14-27-25-21(18)12-19(15-28-25)17-4-7-20(8-5-17)29-33-2/h3-12,14-15,29-30H,13H2,1-2H3,(H,26,31)(H,27,28)/b10-6+. The van der Waals surface area contributed by atoms with E-state index in [9.17, 15) is 9.90 Å². The Morgan fingerprint density at radius 3 is 2.76 bits per heavy atom. The van der Waals surface area contributed by atoms with Crippen molar-refractivity contribution in [3.8, 4) is 22.6 Å². The smallest absolute Gasteiger partial charge is 0.244 e. The number of hydrogen-bond donors (Lipinski definition) is 4. The number of rotatable bonds is 8. The van der Waals surface area contributed by atoms with Crippen molar-refractivity contribution < 1.29 is 14.6 Å². The summed E-state index contributed by atoms with van der Waals surface area (Å²) in [6.45, 7) is 0.320. The highest BCUT2D eigenvalue weighted by molar-refractivity contribution is 7.99. The van der Waals surface area contributed by atoms with Crippen LogP contribution in [-0.4, -0.2) is 34.3 Å². The van der Waals surface area contributed by atoms with Gasteiger partial charge in [-0.2, -0.15) is 0 Å². The van der Waals surface area contributed by atoms with Crippen LogP contribution in [-0.2, 0) is 11.3 Å². The summed E-state index contributed by atoms with van der Waals surface area (Å²) in [6.07, 6.45) is 8.92. The molecule has 7 nitrogen and oxygen atoms in total. The van der Waals surface area contributed by atoms with Crippen molar-refractivity contribution in [2.45, 2.75) is 6.54 Å². The van der Waals surface area contributed by atoms with Crippen LogP contribution >= 0.6 is 11.9 Å². The number of aromatic hydroxyl groups is 1. The van der Waals surface area contributed by atoms with Crippen LogP contribution in [0.5, 0.6) is 11.5 Å². The average molecular weight is 461 g/mol.